The molecule has 0 aliphatic carbocycles. The minimum atomic E-state index is -0.690. The Hall–Kier alpha value is -4.73. The quantitative estimate of drug-likeness (QED) is 0.208. The molecule has 0 unspecified atom stereocenters. The van der Waals surface area contributed by atoms with Crippen LogP contribution in [0.15, 0.2) is 71.8 Å². The average molecular weight is 433 g/mol. The van der Waals surface area contributed by atoms with Crippen molar-refractivity contribution in [1.29, 1.82) is 0 Å². The summed E-state index contributed by atoms with van der Waals surface area (Å²) in [7, 11) is 0. The minimum Gasteiger partial charge on any atom is -0.454 e. The lowest BCUT2D eigenvalue weighted by molar-refractivity contribution is -0.384. The third kappa shape index (κ3) is 4.54. The predicted octanol–water partition coefficient (Wildman–Crippen LogP) is 3.31. The SMILES string of the molecule is O=C(N/N=C/c1ccccc1OC(=O)c1ccc([N+](=O)[O-])cc1)c1ccc2c(c1)OCO2. The normalized spacial score (nSPS) is 11.9. The van der Waals surface area contributed by atoms with E-state index in [1.807, 2.05) is 0 Å². The molecule has 32 heavy (non-hydrogen) atoms. The van der Waals surface area contributed by atoms with Gasteiger partial charge in [-0.3, -0.25) is 14.9 Å². The first-order valence-electron chi connectivity index (χ1n) is 9.30. The Kier molecular flexibility index (Phi) is 5.75. The number of carbonyl (C=O) groups is 2. The van der Waals surface area contributed by atoms with Crippen LogP contribution < -0.4 is 19.6 Å². The maximum absolute atomic E-state index is 12.4. The van der Waals surface area contributed by atoms with E-state index >= 15 is 0 Å². The van der Waals surface area contributed by atoms with Crippen LogP contribution in [0.3, 0.4) is 0 Å². The van der Waals surface area contributed by atoms with E-state index < -0.39 is 16.8 Å². The van der Waals surface area contributed by atoms with Gasteiger partial charge in [0.2, 0.25) is 6.79 Å². The molecule has 0 atom stereocenters. The third-order valence-electron chi connectivity index (χ3n) is 4.44. The number of ether oxygens (including phenoxy) is 3. The zero-order valence-electron chi connectivity index (χ0n) is 16.4. The molecule has 3 aromatic carbocycles. The summed E-state index contributed by atoms with van der Waals surface area (Å²) in [5.74, 6) is 0.0981. The van der Waals surface area contributed by atoms with Gasteiger partial charge in [-0.1, -0.05) is 12.1 Å². The molecule has 0 saturated heterocycles. The zero-order chi connectivity index (χ0) is 22.5. The number of hydrazone groups is 1. The fourth-order valence-electron chi connectivity index (χ4n) is 2.82. The highest BCUT2D eigenvalue weighted by atomic mass is 16.7. The molecule has 1 heterocycles. The monoisotopic (exact) mass is 433 g/mol. The van der Waals surface area contributed by atoms with Gasteiger partial charge in [0.25, 0.3) is 11.6 Å². The van der Waals surface area contributed by atoms with E-state index in [9.17, 15) is 19.7 Å². The van der Waals surface area contributed by atoms with E-state index in [0.717, 1.165) is 0 Å². The van der Waals surface area contributed by atoms with Crippen LogP contribution in [0.4, 0.5) is 5.69 Å². The van der Waals surface area contributed by atoms with E-state index in [-0.39, 0.29) is 23.8 Å². The van der Waals surface area contributed by atoms with Gasteiger partial charge in [-0.2, -0.15) is 5.10 Å². The number of benzene rings is 3. The molecule has 0 spiro atoms. The zero-order valence-corrected chi connectivity index (χ0v) is 16.4. The molecule has 160 valence electrons. The standard InChI is InChI=1S/C22H15N3O7/c26-21(15-7-10-19-20(11-15)31-13-30-19)24-23-12-16-3-1-2-4-18(16)32-22(27)14-5-8-17(9-6-14)25(28)29/h1-12H,13H2,(H,24,26)/b23-12+. The van der Waals surface area contributed by atoms with Gasteiger partial charge < -0.3 is 14.2 Å². The molecule has 3 aromatic rings. The van der Waals surface area contributed by atoms with Gasteiger partial charge >= 0.3 is 5.97 Å². The molecule has 0 aromatic heterocycles. The molecule has 1 N–H and O–H groups in total. The maximum Gasteiger partial charge on any atom is 0.343 e. The van der Waals surface area contributed by atoms with Crippen molar-refractivity contribution in [3.8, 4) is 17.2 Å². The number of hydrogen-bond donors (Lipinski definition) is 1. The Bertz CT molecular complexity index is 1220. The van der Waals surface area contributed by atoms with Gasteiger partial charge in [0.05, 0.1) is 16.7 Å². The van der Waals surface area contributed by atoms with Crippen molar-refractivity contribution in [3.05, 3.63) is 93.5 Å². The summed E-state index contributed by atoms with van der Waals surface area (Å²) in [5.41, 5.74) is 3.19. The van der Waals surface area contributed by atoms with E-state index in [4.69, 9.17) is 14.2 Å². The second-order valence-corrected chi connectivity index (χ2v) is 6.50. The summed E-state index contributed by atoms with van der Waals surface area (Å²) in [6.07, 6.45) is 1.34. The topological polar surface area (TPSA) is 129 Å². The van der Waals surface area contributed by atoms with Crippen LogP contribution in [0.2, 0.25) is 0 Å². The number of para-hydroxylation sites is 1. The fraction of sp³-hybridized carbons (Fsp3) is 0.0455. The van der Waals surface area contributed by atoms with Crippen molar-refractivity contribution in [2.75, 3.05) is 6.79 Å². The number of nitro benzene ring substituents is 1. The highest BCUT2D eigenvalue weighted by molar-refractivity contribution is 5.96. The smallest absolute Gasteiger partial charge is 0.343 e. The molecule has 4 rings (SSSR count). The van der Waals surface area contributed by atoms with Crippen molar-refractivity contribution in [3.63, 3.8) is 0 Å². The number of hydrogen-bond acceptors (Lipinski definition) is 8. The lowest BCUT2D eigenvalue weighted by Gasteiger charge is -2.07. The Morgan fingerprint density at radius 2 is 1.72 bits per heavy atom. The number of fused-ring (bicyclic) bond motifs is 1. The summed E-state index contributed by atoms with van der Waals surface area (Å²) in [4.78, 5) is 34.9. The molecule has 0 bridgehead atoms. The van der Waals surface area contributed by atoms with E-state index in [1.54, 1.807) is 42.5 Å². The van der Waals surface area contributed by atoms with Crippen molar-refractivity contribution < 1.29 is 28.7 Å². The third-order valence-corrected chi connectivity index (χ3v) is 4.44. The molecule has 1 aliphatic rings. The van der Waals surface area contributed by atoms with E-state index in [0.29, 0.717) is 22.6 Å². The Morgan fingerprint density at radius 1 is 1.00 bits per heavy atom. The lowest BCUT2D eigenvalue weighted by atomic mass is 10.2. The largest absolute Gasteiger partial charge is 0.454 e. The Balaban J connectivity index is 1.42. The van der Waals surface area contributed by atoms with Crippen molar-refractivity contribution in [2.45, 2.75) is 0 Å². The second-order valence-electron chi connectivity index (χ2n) is 6.50. The Morgan fingerprint density at radius 3 is 2.50 bits per heavy atom. The highest BCUT2D eigenvalue weighted by Gasteiger charge is 2.16. The van der Waals surface area contributed by atoms with Crippen molar-refractivity contribution in [1.82, 2.24) is 5.43 Å². The molecule has 0 fully saturated rings. The molecule has 0 saturated carbocycles. The van der Waals surface area contributed by atoms with Gasteiger partial charge in [0, 0.05) is 23.3 Å². The molecule has 1 aliphatic heterocycles. The van der Waals surface area contributed by atoms with Crippen molar-refractivity contribution >= 4 is 23.8 Å². The summed E-state index contributed by atoms with van der Waals surface area (Å²) in [6.45, 7) is 0.105. The first kappa shape index (κ1) is 20.5. The van der Waals surface area contributed by atoms with Crippen LogP contribution in [-0.2, 0) is 0 Å². The second kappa shape index (κ2) is 8.96. The molecule has 10 nitrogen and oxygen atoms in total. The lowest BCUT2D eigenvalue weighted by Crippen LogP contribution is -2.17. The highest BCUT2D eigenvalue weighted by Crippen LogP contribution is 2.32. The predicted molar refractivity (Wildman–Crippen MR) is 112 cm³/mol. The van der Waals surface area contributed by atoms with Crippen LogP contribution in [0.25, 0.3) is 0 Å². The van der Waals surface area contributed by atoms with Crippen LogP contribution in [0.1, 0.15) is 26.3 Å². The van der Waals surface area contributed by atoms with Crippen LogP contribution in [-0.4, -0.2) is 29.8 Å². The van der Waals surface area contributed by atoms with Gasteiger partial charge in [-0.05, 0) is 42.5 Å². The fourth-order valence-corrected chi connectivity index (χ4v) is 2.82. The van der Waals surface area contributed by atoms with E-state index in [2.05, 4.69) is 10.5 Å². The number of rotatable bonds is 6. The number of carbonyl (C=O) groups excluding carboxylic acids is 2. The summed E-state index contributed by atoms with van der Waals surface area (Å²) >= 11 is 0. The van der Waals surface area contributed by atoms with Crippen LogP contribution in [0.5, 0.6) is 17.2 Å². The average Bonchev–Trinajstić information content (AvgIpc) is 3.28. The summed E-state index contributed by atoms with van der Waals surface area (Å²) in [6, 6.07) is 16.4. The minimum absolute atomic E-state index is 0.105. The first-order chi connectivity index (χ1) is 15.5. The molecule has 0 radical (unpaired) electrons. The number of esters is 1. The van der Waals surface area contributed by atoms with Gasteiger partial charge in [0.1, 0.15) is 5.75 Å². The number of amides is 1. The van der Waals surface area contributed by atoms with Gasteiger partial charge in [0.15, 0.2) is 11.5 Å². The molecular formula is C22H15N3O7. The molecular weight excluding hydrogens is 418 g/mol. The number of nitro groups is 1. The molecule has 1 amide bonds. The summed E-state index contributed by atoms with van der Waals surface area (Å²) in [5, 5.41) is 14.7. The number of non-ortho nitro benzene ring substituents is 1. The van der Waals surface area contributed by atoms with Crippen molar-refractivity contribution in [2.24, 2.45) is 5.10 Å². The summed E-state index contributed by atoms with van der Waals surface area (Å²) < 4.78 is 15.8. The van der Waals surface area contributed by atoms with Crippen LogP contribution in [0, 0.1) is 10.1 Å². The van der Waals surface area contributed by atoms with Gasteiger partial charge in [-0.25, -0.2) is 10.2 Å². The maximum atomic E-state index is 12.4. The first-order valence-corrected chi connectivity index (χ1v) is 9.30. The van der Waals surface area contributed by atoms with E-state index in [1.165, 1.54) is 30.5 Å². The Labute approximate surface area is 181 Å². The molecule has 10 heteroatoms. The van der Waals surface area contributed by atoms with Crippen LogP contribution >= 0.6 is 0 Å². The number of nitrogens with zero attached hydrogens (tertiary/aromatic N) is 2. The van der Waals surface area contributed by atoms with Gasteiger partial charge in [-0.15, -0.1) is 0 Å². The number of nitrogens with one attached hydrogen (secondary N) is 1.